The Balaban J connectivity index is 1.70. The van der Waals surface area contributed by atoms with E-state index in [1.165, 1.54) is 30.0 Å². The molecule has 0 aromatic heterocycles. The van der Waals surface area contributed by atoms with E-state index in [1.54, 1.807) is 0 Å². The summed E-state index contributed by atoms with van der Waals surface area (Å²) in [5.74, 6) is -1.06. The van der Waals surface area contributed by atoms with Crippen molar-refractivity contribution in [3.63, 3.8) is 0 Å². The molecule has 4 nitrogen and oxygen atoms in total. The maximum Gasteiger partial charge on any atom is 0.230 e. The molecule has 1 atom stereocenters. The van der Waals surface area contributed by atoms with Crippen LogP contribution in [0.2, 0.25) is 0 Å². The number of halogens is 2. The maximum atomic E-state index is 13.4. The molecule has 1 fully saturated rings. The zero-order chi connectivity index (χ0) is 16.2. The van der Waals surface area contributed by atoms with E-state index in [1.807, 2.05) is 0 Å². The summed E-state index contributed by atoms with van der Waals surface area (Å²) in [5.41, 5.74) is -0.0441. The normalized spacial score (nSPS) is 20.0. The van der Waals surface area contributed by atoms with Gasteiger partial charge < -0.3 is 5.32 Å². The standard InChI is InChI=1S/C14H17F2NO3S2/c15-12-2-1-3-13(16)11(12)4-6-17-14(18)8-21-10-5-7-22(19,20)9-10/h1-3,10H,4-9H2,(H,17,18)/t10-/m1/s1. The second kappa shape index (κ2) is 7.41. The Morgan fingerprint density at radius 1 is 1.32 bits per heavy atom. The highest BCUT2D eigenvalue weighted by atomic mass is 32.2. The minimum atomic E-state index is -2.94. The first-order valence-electron chi connectivity index (χ1n) is 6.89. The number of sulfone groups is 1. The summed E-state index contributed by atoms with van der Waals surface area (Å²) >= 11 is 1.31. The fourth-order valence-corrected chi connectivity index (χ4v) is 5.71. The van der Waals surface area contributed by atoms with Gasteiger partial charge in [-0.3, -0.25) is 4.79 Å². The SMILES string of the molecule is O=C(CS[C@@H]1CCS(=O)(=O)C1)NCCc1c(F)cccc1F. The molecule has 122 valence electrons. The van der Waals surface area contributed by atoms with E-state index in [2.05, 4.69) is 5.32 Å². The van der Waals surface area contributed by atoms with Crippen LogP contribution in [0.15, 0.2) is 18.2 Å². The summed E-state index contributed by atoms with van der Waals surface area (Å²) in [6.45, 7) is 0.139. The molecular weight excluding hydrogens is 332 g/mol. The molecule has 1 N–H and O–H groups in total. The molecule has 1 saturated heterocycles. The van der Waals surface area contributed by atoms with E-state index in [4.69, 9.17) is 0 Å². The molecule has 0 bridgehead atoms. The molecule has 22 heavy (non-hydrogen) atoms. The van der Waals surface area contributed by atoms with Gasteiger partial charge in [-0.05, 0) is 25.0 Å². The molecule has 0 unspecified atom stereocenters. The van der Waals surface area contributed by atoms with Crippen LogP contribution >= 0.6 is 11.8 Å². The van der Waals surface area contributed by atoms with Crippen molar-refractivity contribution in [1.82, 2.24) is 5.32 Å². The number of thioether (sulfide) groups is 1. The lowest BCUT2D eigenvalue weighted by Crippen LogP contribution is -2.28. The highest BCUT2D eigenvalue weighted by Gasteiger charge is 2.28. The Hall–Kier alpha value is -1.15. The van der Waals surface area contributed by atoms with E-state index in [0.717, 1.165) is 0 Å². The summed E-state index contributed by atoms with van der Waals surface area (Å²) in [5, 5.41) is 2.55. The van der Waals surface area contributed by atoms with Gasteiger partial charge in [0.05, 0.1) is 17.3 Å². The lowest BCUT2D eigenvalue weighted by atomic mass is 10.1. The van der Waals surface area contributed by atoms with E-state index in [9.17, 15) is 22.0 Å². The van der Waals surface area contributed by atoms with Gasteiger partial charge in [-0.15, -0.1) is 11.8 Å². The Labute approximate surface area is 132 Å². The third-order valence-corrected chi connectivity index (χ3v) is 6.68. The largest absolute Gasteiger partial charge is 0.355 e. The van der Waals surface area contributed by atoms with Gasteiger partial charge in [-0.25, -0.2) is 17.2 Å². The fourth-order valence-electron chi connectivity index (χ4n) is 2.24. The minimum Gasteiger partial charge on any atom is -0.355 e. The van der Waals surface area contributed by atoms with Crippen molar-refractivity contribution in [3.8, 4) is 0 Å². The van der Waals surface area contributed by atoms with E-state index >= 15 is 0 Å². The molecule has 1 amide bonds. The van der Waals surface area contributed by atoms with Crippen LogP contribution in [-0.2, 0) is 21.1 Å². The Morgan fingerprint density at radius 3 is 2.59 bits per heavy atom. The van der Waals surface area contributed by atoms with E-state index < -0.39 is 21.5 Å². The number of hydrogen-bond acceptors (Lipinski definition) is 4. The average molecular weight is 349 g/mol. The summed E-state index contributed by atoms with van der Waals surface area (Å²) in [4.78, 5) is 11.7. The van der Waals surface area contributed by atoms with Crippen LogP contribution < -0.4 is 5.32 Å². The molecule has 8 heteroatoms. The van der Waals surface area contributed by atoms with Crippen LogP contribution in [0.25, 0.3) is 0 Å². The first-order chi connectivity index (χ1) is 10.4. The molecule has 1 aromatic rings. The second-order valence-corrected chi connectivity index (χ2v) is 8.65. The quantitative estimate of drug-likeness (QED) is 0.846. The van der Waals surface area contributed by atoms with Gasteiger partial charge in [-0.1, -0.05) is 6.07 Å². The second-order valence-electron chi connectivity index (χ2n) is 5.14. The molecule has 2 rings (SSSR count). The van der Waals surface area contributed by atoms with Gasteiger partial charge in [0.1, 0.15) is 11.6 Å². The van der Waals surface area contributed by atoms with Crippen molar-refractivity contribution in [2.24, 2.45) is 0 Å². The maximum absolute atomic E-state index is 13.4. The van der Waals surface area contributed by atoms with Gasteiger partial charge in [0.15, 0.2) is 9.84 Å². The first kappa shape index (κ1) is 17.2. The third-order valence-electron chi connectivity index (χ3n) is 3.40. The molecule has 1 aliphatic heterocycles. The predicted molar refractivity (Wildman–Crippen MR) is 82.6 cm³/mol. The van der Waals surface area contributed by atoms with Gasteiger partial charge in [0, 0.05) is 17.4 Å². The number of carbonyl (C=O) groups excluding carboxylic acids is 1. The monoisotopic (exact) mass is 349 g/mol. The molecule has 1 aromatic carbocycles. The molecule has 0 spiro atoms. The molecule has 1 aliphatic rings. The number of hydrogen-bond donors (Lipinski definition) is 1. The lowest BCUT2D eigenvalue weighted by Gasteiger charge is -2.09. The van der Waals surface area contributed by atoms with Gasteiger partial charge in [0.25, 0.3) is 0 Å². The Bertz CT molecular complexity index is 629. The van der Waals surface area contributed by atoms with Crippen LogP contribution in [0.4, 0.5) is 8.78 Å². The van der Waals surface area contributed by atoms with Crippen molar-refractivity contribution >= 4 is 27.5 Å². The van der Waals surface area contributed by atoms with E-state index in [0.29, 0.717) is 6.42 Å². The molecule has 1 heterocycles. The van der Waals surface area contributed by atoms with Crippen molar-refractivity contribution in [1.29, 1.82) is 0 Å². The lowest BCUT2D eigenvalue weighted by molar-refractivity contribution is -0.118. The molecule has 0 aliphatic carbocycles. The van der Waals surface area contributed by atoms with Gasteiger partial charge in [0.2, 0.25) is 5.91 Å². The first-order valence-corrected chi connectivity index (χ1v) is 9.76. The number of amides is 1. The Morgan fingerprint density at radius 2 is 2.00 bits per heavy atom. The third kappa shape index (κ3) is 4.95. The summed E-state index contributed by atoms with van der Waals surface area (Å²) < 4.78 is 49.4. The molecular formula is C14H17F2NO3S2. The van der Waals surface area contributed by atoms with Gasteiger partial charge in [-0.2, -0.15) is 0 Å². The van der Waals surface area contributed by atoms with Crippen molar-refractivity contribution in [2.75, 3.05) is 23.8 Å². The zero-order valence-corrected chi connectivity index (χ0v) is 13.5. The van der Waals surface area contributed by atoms with Crippen LogP contribution in [-0.4, -0.2) is 43.4 Å². The van der Waals surface area contributed by atoms with Crippen molar-refractivity contribution in [3.05, 3.63) is 35.4 Å². The highest BCUT2D eigenvalue weighted by Crippen LogP contribution is 2.23. The van der Waals surface area contributed by atoms with Crippen LogP contribution in [0.3, 0.4) is 0 Å². The van der Waals surface area contributed by atoms with Gasteiger partial charge >= 0.3 is 0 Å². The van der Waals surface area contributed by atoms with Crippen LogP contribution in [0, 0.1) is 11.6 Å². The smallest absolute Gasteiger partial charge is 0.230 e. The predicted octanol–water partition coefficient (Wildman–Crippen LogP) is 1.54. The zero-order valence-electron chi connectivity index (χ0n) is 11.8. The minimum absolute atomic E-state index is 0.0419. The summed E-state index contributed by atoms with van der Waals surface area (Å²) in [6, 6.07) is 3.65. The molecule has 0 saturated carbocycles. The molecule has 0 radical (unpaired) electrons. The summed E-state index contributed by atoms with van der Waals surface area (Å²) in [6.07, 6.45) is 0.646. The van der Waals surface area contributed by atoms with Crippen molar-refractivity contribution in [2.45, 2.75) is 18.1 Å². The topological polar surface area (TPSA) is 63.2 Å². The number of nitrogens with one attached hydrogen (secondary N) is 1. The summed E-state index contributed by atoms with van der Waals surface area (Å²) in [7, 11) is -2.94. The average Bonchev–Trinajstić information content (AvgIpc) is 2.79. The van der Waals surface area contributed by atoms with Crippen LogP contribution in [0.1, 0.15) is 12.0 Å². The Kier molecular flexibility index (Phi) is 5.80. The fraction of sp³-hybridized carbons (Fsp3) is 0.500. The van der Waals surface area contributed by atoms with Crippen molar-refractivity contribution < 1.29 is 22.0 Å². The van der Waals surface area contributed by atoms with E-state index in [-0.39, 0.29) is 46.9 Å². The number of benzene rings is 1. The number of rotatable bonds is 6. The number of carbonyl (C=O) groups is 1. The highest BCUT2D eigenvalue weighted by molar-refractivity contribution is 8.02. The van der Waals surface area contributed by atoms with Crippen LogP contribution in [0.5, 0.6) is 0 Å².